The van der Waals surface area contributed by atoms with Gasteiger partial charge in [-0.1, -0.05) is 13.3 Å². The molecule has 9 heavy (non-hydrogen) atoms. The van der Waals surface area contributed by atoms with Crippen LogP contribution in [0.2, 0.25) is 0 Å². The topological polar surface area (TPSA) is 42.3 Å². The maximum Gasteiger partial charge on any atom is 0.228 e. The van der Waals surface area contributed by atoms with Gasteiger partial charge in [0.1, 0.15) is 0 Å². The molecule has 0 aliphatic heterocycles. The molecule has 0 aromatic rings. The Kier molecular flexibility index (Phi) is 5.93. The number of rotatable bonds is 5. The van der Waals surface area contributed by atoms with Gasteiger partial charge in [0.2, 0.25) is 6.41 Å². The molecule has 3 nitrogen and oxygen atoms in total. The van der Waals surface area contributed by atoms with Crippen molar-refractivity contribution in [2.75, 3.05) is 13.7 Å². The number of ether oxygens (including phenoxy) is 2. The first-order valence-electron chi connectivity index (χ1n) is 3.16. The van der Waals surface area contributed by atoms with Crippen molar-refractivity contribution in [3.63, 3.8) is 0 Å². The summed E-state index contributed by atoms with van der Waals surface area (Å²) >= 11 is 0. The van der Waals surface area contributed by atoms with Gasteiger partial charge in [-0.15, -0.1) is 0 Å². The van der Waals surface area contributed by atoms with E-state index in [1.807, 2.05) is 0 Å². The molecule has 0 fully saturated rings. The standard InChI is InChI=1S/C6H14NO2/c1-3-4-5-9-6(7)8-2/h6-7H,3-5H2,1-2H3. The Morgan fingerprint density at radius 3 is 2.67 bits per heavy atom. The minimum atomic E-state index is -0.795. The summed E-state index contributed by atoms with van der Waals surface area (Å²) in [4.78, 5) is 0. The SMILES string of the molecule is CCCCOC([NH])OC. The molecule has 0 rings (SSSR count). The van der Waals surface area contributed by atoms with E-state index in [1.54, 1.807) is 0 Å². The zero-order valence-corrected chi connectivity index (χ0v) is 6.02. The predicted octanol–water partition coefficient (Wildman–Crippen LogP) is 1.02. The van der Waals surface area contributed by atoms with E-state index in [0.29, 0.717) is 6.61 Å². The van der Waals surface area contributed by atoms with Crippen LogP contribution in [-0.2, 0) is 9.47 Å². The van der Waals surface area contributed by atoms with E-state index < -0.39 is 6.41 Å². The lowest BCUT2D eigenvalue weighted by atomic mass is 10.4. The molecule has 0 aromatic carbocycles. The van der Waals surface area contributed by atoms with E-state index >= 15 is 0 Å². The molecule has 0 saturated heterocycles. The Labute approximate surface area is 56.1 Å². The van der Waals surface area contributed by atoms with Gasteiger partial charge in [-0.05, 0) is 6.42 Å². The number of hydrogen-bond acceptors (Lipinski definition) is 2. The van der Waals surface area contributed by atoms with Gasteiger partial charge in [0.15, 0.2) is 0 Å². The van der Waals surface area contributed by atoms with Gasteiger partial charge in [-0.3, -0.25) is 0 Å². The van der Waals surface area contributed by atoms with Gasteiger partial charge in [0.25, 0.3) is 0 Å². The summed E-state index contributed by atoms with van der Waals surface area (Å²) in [7, 11) is 1.46. The minimum absolute atomic E-state index is 0.624. The van der Waals surface area contributed by atoms with Gasteiger partial charge >= 0.3 is 0 Å². The maximum atomic E-state index is 6.95. The van der Waals surface area contributed by atoms with Gasteiger partial charge < -0.3 is 9.47 Å². The lowest BCUT2D eigenvalue weighted by molar-refractivity contribution is -0.124. The highest BCUT2D eigenvalue weighted by Gasteiger charge is 1.96. The molecule has 3 heteroatoms. The van der Waals surface area contributed by atoms with E-state index in [-0.39, 0.29) is 0 Å². The summed E-state index contributed by atoms with van der Waals surface area (Å²) in [6.07, 6.45) is 1.30. The monoisotopic (exact) mass is 132 g/mol. The molecule has 55 valence electrons. The van der Waals surface area contributed by atoms with Crippen molar-refractivity contribution in [1.82, 2.24) is 5.73 Å². The fourth-order valence-corrected chi connectivity index (χ4v) is 0.403. The summed E-state index contributed by atoms with van der Waals surface area (Å²) in [5.74, 6) is 0. The largest absolute Gasteiger partial charge is 0.342 e. The quantitative estimate of drug-likeness (QED) is 0.414. The summed E-state index contributed by atoms with van der Waals surface area (Å²) in [5, 5.41) is 0. The van der Waals surface area contributed by atoms with Crippen molar-refractivity contribution < 1.29 is 9.47 Å². The molecular weight excluding hydrogens is 118 g/mol. The molecule has 1 radical (unpaired) electrons. The molecule has 0 heterocycles. The van der Waals surface area contributed by atoms with Crippen molar-refractivity contribution in [3.8, 4) is 0 Å². The van der Waals surface area contributed by atoms with Gasteiger partial charge in [0, 0.05) is 7.11 Å². The average Bonchev–Trinajstić information content (AvgIpc) is 1.89. The molecule has 0 spiro atoms. The van der Waals surface area contributed by atoms with Crippen LogP contribution < -0.4 is 5.73 Å². The lowest BCUT2D eigenvalue weighted by Crippen LogP contribution is -2.16. The van der Waals surface area contributed by atoms with Crippen LogP contribution in [0.25, 0.3) is 0 Å². The fraction of sp³-hybridized carbons (Fsp3) is 1.00. The van der Waals surface area contributed by atoms with E-state index in [1.165, 1.54) is 7.11 Å². The summed E-state index contributed by atoms with van der Waals surface area (Å²) in [5.41, 5.74) is 6.95. The second-order valence-corrected chi connectivity index (χ2v) is 1.79. The highest BCUT2D eigenvalue weighted by molar-refractivity contribution is 4.31. The van der Waals surface area contributed by atoms with Gasteiger partial charge in [-0.25, -0.2) is 5.73 Å². The smallest absolute Gasteiger partial charge is 0.228 e. The first-order valence-corrected chi connectivity index (χ1v) is 3.16. The third kappa shape index (κ3) is 5.76. The van der Waals surface area contributed by atoms with Crippen molar-refractivity contribution in [2.45, 2.75) is 26.2 Å². The van der Waals surface area contributed by atoms with Crippen LogP contribution in [-0.4, -0.2) is 20.1 Å². The second kappa shape index (κ2) is 6.01. The third-order valence-electron chi connectivity index (χ3n) is 0.981. The van der Waals surface area contributed by atoms with E-state index in [2.05, 4.69) is 11.7 Å². The van der Waals surface area contributed by atoms with E-state index in [9.17, 15) is 0 Å². The summed E-state index contributed by atoms with van der Waals surface area (Å²) < 4.78 is 9.42. The highest BCUT2D eigenvalue weighted by atomic mass is 16.7. The Morgan fingerprint density at radius 1 is 1.56 bits per heavy atom. The van der Waals surface area contributed by atoms with E-state index in [0.717, 1.165) is 12.8 Å². The van der Waals surface area contributed by atoms with Crippen LogP contribution in [0.4, 0.5) is 0 Å². The normalized spacial score (nSPS) is 13.7. The molecule has 0 aliphatic rings. The Bertz CT molecular complexity index is 59.0. The molecular formula is C6H14NO2. The third-order valence-corrected chi connectivity index (χ3v) is 0.981. The van der Waals surface area contributed by atoms with Crippen LogP contribution in [0.5, 0.6) is 0 Å². The zero-order valence-electron chi connectivity index (χ0n) is 6.02. The fourth-order valence-electron chi connectivity index (χ4n) is 0.403. The lowest BCUT2D eigenvalue weighted by Gasteiger charge is -2.07. The first kappa shape index (κ1) is 8.88. The summed E-state index contributed by atoms with van der Waals surface area (Å²) in [6, 6.07) is 0. The van der Waals surface area contributed by atoms with Crippen LogP contribution in [0.1, 0.15) is 19.8 Å². The number of unbranched alkanes of at least 4 members (excludes halogenated alkanes) is 1. The predicted molar refractivity (Wildman–Crippen MR) is 34.8 cm³/mol. The van der Waals surface area contributed by atoms with E-state index in [4.69, 9.17) is 10.5 Å². The molecule has 1 unspecified atom stereocenters. The molecule has 1 N–H and O–H groups in total. The Hall–Kier alpha value is -0.120. The number of methoxy groups -OCH3 is 1. The van der Waals surface area contributed by atoms with Crippen LogP contribution >= 0.6 is 0 Å². The molecule has 1 atom stereocenters. The molecule has 0 aliphatic carbocycles. The Balaban J connectivity index is 2.88. The molecule has 0 saturated carbocycles. The van der Waals surface area contributed by atoms with Gasteiger partial charge in [0.05, 0.1) is 6.61 Å². The summed E-state index contributed by atoms with van der Waals surface area (Å²) in [6.45, 7) is 2.70. The zero-order chi connectivity index (χ0) is 7.11. The molecule has 0 bridgehead atoms. The van der Waals surface area contributed by atoms with Crippen molar-refractivity contribution in [1.29, 1.82) is 0 Å². The van der Waals surface area contributed by atoms with Gasteiger partial charge in [-0.2, -0.15) is 0 Å². The van der Waals surface area contributed by atoms with Crippen molar-refractivity contribution in [2.24, 2.45) is 0 Å². The van der Waals surface area contributed by atoms with Crippen LogP contribution in [0.15, 0.2) is 0 Å². The highest BCUT2D eigenvalue weighted by Crippen LogP contribution is 1.91. The van der Waals surface area contributed by atoms with Crippen molar-refractivity contribution in [3.05, 3.63) is 0 Å². The number of nitrogens with one attached hydrogen (secondary N) is 1. The second-order valence-electron chi connectivity index (χ2n) is 1.79. The molecule has 0 aromatic heterocycles. The van der Waals surface area contributed by atoms with Crippen molar-refractivity contribution >= 4 is 0 Å². The van der Waals surface area contributed by atoms with Crippen LogP contribution in [0.3, 0.4) is 0 Å². The number of hydrogen-bond donors (Lipinski definition) is 0. The molecule has 0 amide bonds. The Morgan fingerprint density at radius 2 is 2.22 bits per heavy atom. The minimum Gasteiger partial charge on any atom is -0.342 e. The average molecular weight is 132 g/mol. The first-order chi connectivity index (χ1) is 4.31. The maximum absolute atomic E-state index is 6.95. The van der Waals surface area contributed by atoms with Crippen LogP contribution in [0, 0.1) is 0 Å².